The second-order valence-corrected chi connectivity index (χ2v) is 4.75. The van der Waals surface area contributed by atoms with Crippen molar-refractivity contribution in [2.24, 2.45) is 0 Å². The summed E-state index contributed by atoms with van der Waals surface area (Å²) in [7, 11) is 1.78. The van der Waals surface area contributed by atoms with Crippen LogP contribution in [0.5, 0.6) is 0 Å². The molecule has 3 heteroatoms. The van der Waals surface area contributed by atoms with Crippen molar-refractivity contribution >= 4 is 0 Å². The first-order chi connectivity index (χ1) is 8.19. The standard InChI is InChI=1S/C14H32N2O/c1-6-14(7-2)16(11-12-17-5)10-9-13(4)15-8-3/h13-15H,6-12H2,1-5H3. The largest absolute Gasteiger partial charge is 0.383 e. The summed E-state index contributed by atoms with van der Waals surface area (Å²) in [6, 6.07) is 1.32. The summed E-state index contributed by atoms with van der Waals surface area (Å²) in [5.74, 6) is 0. The SMILES string of the molecule is CCNC(C)CCN(CCOC)C(CC)CC. The van der Waals surface area contributed by atoms with Crippen molar-refractivity contribution in [1.29, 1.82) is 0 Å². The molecule has 0 radical (unpaired) electrons. The molecule has 0 aliphatic carbocycles. The first kappa shape index (κ1) is 16.9. The second kappa shape index (κ2) is 11.0. The lowest BCUT2D eigenvalue weighted by Gasteiger charge is -2.31. The van der Waals surface area contributed by atoms with Gasteiger partial charge < -0.3 is 10.1 Å². The third-order valence-electron chi connectivity index (χ3n) is 3.44. The first-order valence-corrected chi connectivity index (χ1v) is 7.15. The molecule has 17 heavy (non-hydrogen) atoms. The normalized spacial score (nSPS) is 13.6. The number of nitrogens with one attached hydrogen (secondary N) is 1. The molecule has 0 bridgehead atoms. The molecule has 0 aromatic carbocycles. The smallest absolute Gasteiger partial charge is 0.0589 e. The van der Waals surface area contributed by atoms with Crippen LogP contribution in [-0.4, -0.2) is 50.3 Å². The quantitative estimate of drug-likeness (QED) is 0.604. The van der Waals surface area contributed by atoms with Crippen molar-refractivity contribution < 1.29 is 4.74 Å². The molecule has 1 N–H and O–H groups in total. The molecule has 0 aliphatic rings. The minimum Gasteiger partial charge on any atom is -0.383 e. The van der Waals surface area contributed by atoms with Gasteiger partial charge in [0.2, 0.25) is 0 Å². The Morgan fingerprint density at radius 1 is 1.12 bits per heavy atom. The van der Waals surface area contributed by atoms with E-state index in [2.05, 4.69) is 37.9 Å². The Kier molecular flexibility index (Phi) is 10.9. The van der Waals surface area contributed by atoms with E-state index in [0.717, 1.165) is 19.7 Å². The van der Waals surface area contributed by atoms with Crippen LogP contribution in [0.2, 0.25) is 0 Å². The molecular formula is C14H32N2O. The van der Waals surface area contributed by atoms with Gasteiger partial charge in [0.1, 0.15) is 0 Å². The van der Waals surface area contributed by atoms with Crippen molar-refractivity contribution in [3.63, 3.8) is 0 Å². The first-order valence-electron chi connectivity index (χ1n) is 7.15. The lowest BCUT2D eigenvalue weighted by molar-refractivity contribution is 0.112. The Bertz CT molecular complexity index is 160. The number of hydrogen-bond donors (Lipinski definition) is 1. The van der Waals surface area contributed by atoms with Gasteiger partial charge >= 0.3 is 0 Å². The number of rotatable bonds is 11. The van der Waals surface area contributed by atoms with Crippen molar-refractivity contribution in [1.82, 2.24) is 10.2 Å². The molecule has 0 saturated heterocycles. The Morgan fingerprint density at radius 2 is 1.76 bits per heavy atom. The Labute approximate surface area is 108 Å². The molecule has 1 atom stereocenters. The van der Waals surface area contributed by atoms with Gasteiger partial charge in [-0.2, -0.15) is 0 Å². The van der Waals surface area contributed by atoms with E-state index in [1.54, 1.807) is 7.11 Å². The molecular weight excluding hydrogens is 212 g/mol. The van der Waals surface area contributed by atoms with Gasteiger partial charge in [0.15, 0.2) is 0 Å². The second-order valence-electron chi connectivity index (χ2n) is 4.75. The zero-order valence-corrected chi connectivity index (χ0v) is 12.5. The highest BCUT2D eigenvalue weighted by Crippen LogP contribution is 2.09. The molecule has 0 rings (SSSR count). The number of methoxy groups -OCH3 is 1. The summed E-state index contributed by atoms with van der Waals surface area (Å²) in [4.78, 5) is 2.58. The fraction of sp³-hybridized carbons (Fsp3) is 1.00. The van der Waals surface area contributed by atoms with Gasteiger partial charge in [-0.05, 0) is 39.3 Å². The van der Waals surface area contributed by atoms with Gasteiger partial charge in [-0.3, -0.25) is 4.90 Å². The lowest BCUT2D eigenvalue weighted by atomic mass is 10.1. The molecule has 0 aliphatic heterocycles. The fourth-order valence-corrected chi connectivity index (χ4v) is 2.30. The van der Waals surface area contributed by atoms with Crippen LogP contribution in [0.15, 0.2) is 0 Å². The van der Waals surface area contributed by atoms with E-state index in [0.29, 0.717) is 12.1 Å². The molecule has 0 saturated carbocycles. The third-order valence-corrected chi connectivity index (χ3v) is 3.44. The van der Waals surface area contributed by atoms with Gasteiger partial charge in [-0.15, -0.1) is 0 Å². The molecule has 0 aromatic rings. The van der Waals surface area contributed by atoms with Crippen LogP contribution in [-0.2, 0) is 4.74 Å². The topological polar surface area (TPSA) is 24.5 Å². The average molecular weight is 244 g/mol. The van der Waals surface area contributed by atoms with E-state index in [4.69, 9.17) is 4.74 Å². The van der Waals surface area contributed by atoms with Gasteiger partial charge in [-0.1, -0.05) is 20.8 Å². The highest BCUT2D eigenvalue weighted by molar-refractivity contribution is 4.71. The van der Waals surface area contributed by atoms with Crippen LogP contribution < -0.4 is 5.32 Å². The van der Waals surface area contributed by atoms with Crippen LogP contribution in [0.4, 0.5) is 0 Å². The van der Waals surface area contributed by atoms with Gasteiger partial charge in [0.25, 0.3) is 0 Å². The summed E-state index contributed by atoms with van der Waals surface area (Å²) < 4.78 is 5.21. The predicted octanol–water partition coefficient (Wildman–Crippen LogP) is 2.51. The van der Waals surface area contributed by atoms with Crippen LogP contribution in [0.3, 0.4) is 0 Å². The molecule has 0 fully saturated rings. The Balaban J connectivity index is 4.07. The zero-order chi connectivity index (χ0) is 13.1. The maximum absolute atomic E-state index is 5.21. The monoisotopic (exact) mass is 244 g/mol. The van der Waals surface area contributed by atoms with E-state index in [9.17, 15) is 0 Å². The minimum absolute atomic E-state index is 0.611. The third kappa shape index (κ3) is 7.74. The number of ether oxygens (including phenoxy) is 1. The molecule has 104 valence electrons. The molecule has 0 spiro atoms. The van der Waals surface area contributed by atoms with Crippen LogP contribution in [0.25, 0.3) is 0 Å². The van der Waals surface area contributed by atoms with E-state index >= 15 is 0 Å². The van der Waals surface area contributed by atoms with Crippen molar-refractivity contribution in [2.45, 2.75) is 59.0 Å². The molecule has 3 nitrogen and oxygen atoms in total. The maximum Gasteiger partial charge on any atom is 0.0589 e. The summed E-state index contributed by atoms with van der Waals surface area (Å²) in [5.41, 5.74) is 0. The van der Waals surface area contributed by atoms with Crippen LogP contribution in [0.1, 0.15) is 47.0 Å². The summed E-state index contributed by atoms with van der Waals surface area (Å²) in [6.07, 6.45) is 3.68. The zero-order valence-electron chi connectivity index (χ0n) is 12.5. The predicted molar refractivity (Wildman–Crippen MR) is 75.6 cm³/mol. The average Bonchev–Trinajstić information content (AvgIpc) is 2.33. The van der Waals surface area contributed by atoms with E-state index < -0.39 is 0 Å². The number of nitrogens with zero attached hydrogens (tertiary/aromatic N) is 1. The van der Waals surface area contributed by atoms with Crippen LogP contribution in [0, 0.1) is 0 Å². The Morgan fingerprint density at radius 3 is 2.24 bits per heavy atom. The van der Waals surface area contributed by atoms with Crippen molar-refractivity contribution in [2.75, 3.05) is 33.4 Å². The van der Waals surface area contributed by atoms with Crippen LogP contribution >= 0.6 is 0 Å². The van der Waals surface area contributed by atoms with Gasteiger partial charge in [0.05, 0.1) is 6.61 Å². The van der Waals surface area contributed by atoms with Crippen molar-refractivity contribution in [3.8, 4) is 0 Å². The summed E-state index contributed by atoms with van der Waals surface area (Å²) in [6.45, 7) is 13.1. The summed E-state index contributed by atoms with van der Waals surface area (Å²) in [5, 5.41) is 3.47. The number of hydrogen-bond acceptors (Lipinski definition) is 3. The maximum atomic E-state index is 5.21. The van der Waals surface area contributed by atoms with E-state index in [1.165, 1.54) is 25.8 Å². The van der Waals surface area contributed by atoms with E-state index in [1.807, 2.05) is 0 Å². The molecule has 0 aromatic heterocycles. The highest BCUT2D eigenvalue weighted by atomic mass is 16.5. The highest BCUT2D eigenvalue weighted by Gasteiger charge is 2.15. The molecule has 0 heterocycles. The molecule has 1 unspecified atom stereocenters. The summed E-state index contributed by atoms with van der Waals surface area (Å²) >= 11 is 0. The fourth-order valence-electron chi connectivity index (χ4n) is 2.30. The Hall–Kier alpha value is -0.120. The lowest BCUT2D eigenvalue weighted by Crippen LogP contribution is -2.40. The van der Waals surface area contributed by atoms with E-state index in [-0.39, 0.29) is 0 Å². The molecule has 0 amide bonds. The minimum atomic E-state index is 0.611. The van der Waals surface area contributed by atoms with Crippen molar-refractivity contribution in [3.05, 3.63) is 0 Å². The van der Waals surface area contributed by atoms with Gasteiger partial charge in [-0.25, -0.2) is 0 Å². The van der Waals surface area contributed by atoms with Gasteiger partial charge in [0, 0.05) is 25.7 Å².